The number of rotatable bonds is 5. The highest BCUT2D eigenvalue weighted by atomic mass is 35.5. The molecule has 0 saturated carbocycles. The van der Waals surface area contributed by atoms with Crippen LogP contribution in [0, 0.1) is 0 Å². The summed E-state index contributed by atoms with van der Waals surface area (Å²) in [6.07, 6.45) is 3.76. The van der Waals surface area contributed by atoms with Gasteiger partial charge in [0.25, 0.3) is 11.8 Å². The molecule has 0 saturated heterocycles. The number of imide groups is 1. The summed E-state index contributed by atoms with van der Waals surface area (Å²) in [6, 6.07) is 14.4. The van der Waals surface area contributed by atoms with E-state index in [1.165, 1.54) is 4.90 Å². The van der Waals surface area contributed by atoms with E-state index in [4.69, 9.17) is 16.3 Å². The predicted molar refractivity (Wildman–Crippen MR) is 98.4 cm³/mol. The van der Waals surface area contributed by atoms with Gasteiger partial charge in [0.2, 0.25) is 0 Å². The molecular formula is C20H15ClN2O3. The van der Waals surface area contributed by atoms with E-state index in [1.807, 2.05) is 36.4 Å². The van der Waals surface area contributed by atoms with Gasteiger partial charge in [0.1, 0.15) is 6.61 Å². The first-order chi connectivity index (χ1) is 12.6. The lowest BCUT2D eigenvalue weighted by Crippen LogP contribution is -2.34. The summed E-state index contributed by atoms with van der Waals surface area (Å²) < 4.78 is 5.56. The monoisotopic (exact) mass is 366 g/mol. The minimum atomic E-state index is -0.274. The summed E-state index contributed by atoms with van der Waals surface area (Å²) in [6.45, 7) is 0.429. The maximum absolute atomic E-state index is 12.3. The summed E-state index contributed by atoms with van der Waals surface area (Å²) in [7, 11) is 0. The average Bonchev–Trinajstić information content (AvgIpc) is 2.86. The number of benzene rings is 2. The number of halogens is 1. The van der Waals surface area contributed by atoms with Crippen LogP contribution in [-0.4, -0.2) is 29.9 Å². The highest BCUT2D eigenvalue weighted by Gasteiger charge is 2.34. The average molecular weight is 367 g/mol. The molecule has 4 rings (SSSR count). The van der Waals surface area contributed by atoms with Crippen molar-refractivity contribution in [1.82, 2.24) is 10.2 Å². The molecule has 26 heavy (non-hydrogen) atoms. The van der Waals surface area contributed by atoms with Crippen molar-refractivity contribution in [1.29, 1.82) is 0 Å². The van der Waals surface area contributed by atoms with Crippen LogP contribution in [0.15, 0.2) is 66.2 Å². The highest BCUT2D eigenvalue weighted by molar-refractivity contribution is 6.32. The third-order valence-electron chi connectivity index (χ3n) is 4.22. The van der Waals surface area contributed by atoms with Gasteiger partial charge in [0.05, 0.1) is 17.7 Å². The van der Waals surface area contributed by atoms with E-state index in [9.17, 15) is 9.59 Å². The van der Waals surface area contributed by atoms with Crippen LogP contribution >= 0.6 is 11.6 Å². The molecule has 2 aliphatic heterocycles. The molecule has 6 heteroatoms. The van der Waals surface area contributed by atoms with Crippen LogP contribution < -0.4 is 5.32 Å². The minimum Gasteiger partial charge on any atom is -0.477 e. The van der Waals surface area contributed by atoms with Crippen molar-refractivity contribution in [2.75, 3.05) is 13.2 Å². The number of carbonyl (C=O) groups is 2. The number of fused-ring (bicyclic) bond motifs is 1. The first-order valence-corrected chi connectivity index (χ1v) is 8.54. The lowest BCUT2D eigenvalue weighted by Gasteiger charge is -2.23. The van der Waals surface area contributed by atoms with E-state index < -0.39 is 0 Å². The molecule has 2 heterocycles. The Hall–Kier alpha value is -3.05. The smallest absolute Gasteiger partial charge is 0.261 e. The molecule has 0 fully saturated rings. The van der Waals surface area contributed by atoms with Crippen molar-refractivity contribution in [3.05, 3.63) is 87.9 Å². The highest BCUT2D eigenvalue weighted by Crippen LogP contribution is 2.23. The Balaban J connectivity index is 1.32. The number of amides is 2. The zero-order valence-electron chi connectivity index (χ0n) is 13.7. The van der Waals surface area contributed by atoms with E-state index in [0.29, 0.717) is 22.0 Å². The topological polar surface area (TPSA) is 58.6 Å². The summed E-state index contributed by atoms with van der Waals surface area (Å²) in [5.41, 5.74) is 2.69. The fourth-order valence-electron chi connectivity index (χ4n) is 2.88. The Bertz CT molecular complexity index is 930. The van der Waals surface area contributed by atoms with Gasteiger partial charge in [-0.25, -0.2) is 0 Å². The number of nitrogens with one attached hydrogen (secondary N) is 1. The minimum absolute atomic E-state index is 0.203. The normalized spacial score (nSPS) is 16.9. The molecule has 0 aliphatic carbocycles. The molecule has 0 unspecified atom stereocenters. The van der Waals surface area contributed by atoms with Gasteiger partial charge in [0.15, 0.2) is 5.88 Å². The fraction of sp³-hybridized carbons (Fsp3) is 0.100. The predicted octanol–water partition coefficient (Wildman–Crippen LogP) is 3.44. The van der Waals surface area contributed by atoms with Gasteiger partial charge in [-0.05, 0) is 29.8 Å². The summed E-state index contributed by atoms with van der Waals surface area (Å²) in [4.78, 5) is 25.7. The van der Waals surface area contributed by atoms with Gasteiger partial charge in [-0.15, -0.1) is 0 Å². The molecule has 2 aromatic carbocycles. The van der Waals surface area contributed by atoms with Crippen molar-refractivity contribution in [3.8, 4) is 0 Å². The maximum atomic E-state index is 12.3. The van der Waals surface area contributed by atoms with Crippen molar-refractivity contribution < 1.29 is 14.3 Å². The zero-order chi connectivity index (χ0) is 18.1. The van der Waals surface area contributed by atoms with E-state index >= 15 is 0 Å². The SMILES string of the molecule is O=C1c2ccccc2C(=O)N1CCOC1=CC(=Cc2ccccc2Cl)N1. The first-order valence-electron chi connectivity index (χ1n) is 8.16. The molecule has 0 spiro atoms. The van der Waals surface area contributed by atoms with Crippen LogP contribution in [0.1, 0.15) is 26.3 Å². The second kappa shape index (κ2) is 6.69. The van der Waals surface area contributed by atoms with Crippen LogP contribution in [0.4, 0.5) is 0 Å². The molecule has 2 amide bonds. The van der Waals surface area contributed by atoms with Crippen molar-refractivity contribution >= 4 is 29.5 Å². The van der Waals surface area contributed by atoms with E-state index in [2.05, 4.69) is 5.32 Å². The lowest BCUT2D eigenvalue weighted by molar-refractivity contribution is 0.0601. The summed E-state index contributed by atoms with van der Waals surface area (Å²) >= 11 is 6.11. The summed E-state index contributed by atoms with van der Waals surface area (Å²) in [5.74, 6) is 0.0491. The van der Waals surface area contributed by atoms with Gasteiger partial charge in [0, 0.05) is 16.8 Å². The van der Waals surface area contributed by atoms with Crippen molar-refractivity contribution in [2.45, 2.75) is 0 Å². The molecule has 0 aromatic heterocycles. The number of hydrogen-bond acceptors (Lipinski definition) is 4. The third-order valence-corrected chi connectivity index (χ3v) is 4.57. The molecule has 2 aromatic rings. The Kier molecular flexibility index (Phi) is 4.22. The number of carbonyl (C=O) groups excluding carboxylic acids is 2. The van der Waals surface area contributed by atoms with Crippen LogP contribution in [0.25, 0.3) is 6.08 Å². The van der Waals surface area contributed by atoms with E-state index in [0.717, 1.165) is 11.3 Å². The molecule has 130 valence electrons. The fourth-order valence-corrected chi connectivity index (χ4v) is 3.07. The van der Waals surface area contributed by atoms with Gasteiger partial charge in [-0.1, -0.05) is 41.9 Å². The Morgan fingerprint density at radius 1 is 1.00 bits per heavy atom. The van der Waals surface area contributed by atoms with Gasteiger partial charge >= 0.3 is 0 Å². The Morgan fingerprint density at radius 3 is 2.27 bits per heavy atom. The quantitative estimate of drug-likeness (QED) is 0.823. The van der Waals surface area contributed by atoms with Gasteiger partial charge in [-0.2, -0.15) is 0 Å². The number of ether oxygens (including phenoxy) is 1. The molecule has 0 atom stereocenters. The Morgan fingerprint density at radius 2 is 1.62 bits per heavy atom. The van der Waals surface area contributed by atoms with Gasteiger partial charge in [-0.3, -0.25) is 14.5 Å². The lowest BCUT2D eigenvalue weighted by atomic mass is 10.1. The first kappa shape index (κ1) is 16.4. The third kappa shape index (κ3) is 2.97. The zero-order valence-corrected chi connectivity index (χ0v) is 14.5. The van der Waals surface area contributed by atoms with Crippen LogP contribution in [-0.2, 0) is 4.74 Å². The molecule has 5 nitrogen and oxygen atoms in total. The number of nitrogens with zero attached hydrogens (tertiary/aromatic N) is 1. The Labute approximate surface area is 155 Å². The van der Waals surface area contributed by atoms with Crippen molar-refractivity contribution in [2.24, 2.45) is 0 Å². The molecular weight excluding hydrogens is 352 g/mol. The second-order valence-corrected chi connectivity index (χ2v) is 6.32. The molecule has 1 N–H and O–H groups in total. The largest absolute Gasteiger partial charge is 0.477 e. The van der Waals surface area contributed by atoms with E-state index in [-0.39, 0.29) is 25.0 Å². The standard InChI is InChI=1S/C20H15ClN2O3/c21-17-8-4-1-5-13(17)11-14-12-18(22-14)26-10-9-23-19(24)15-6-2-3-7-16(15)20(23)25/h1-8,11-12,22H,9-10H2. The summed E-state index contributed by atoms with van der Waals surface area (Å²) in [5, 5.41) is 3.75. The van der Waals surface area contributed by atoms with E-state index in [1.54, 1.807) is 24.3 Å². The number of hydrogen-bond donors (Lipinski definition) is 1. The maximum Gasteiger partial charge on any atom is 0.261 e. The second-order valence-electron chi connectivity index (χ2n) is 5.91. The molecule has 0 bridgehead atoms. The number of allylic oxidation sites excluding steroid dienone is 1. The van der Waals surface area contributed by atoms with Gasteiger partial charge < -0.3 is 10.1 Å². The van der Waals surface area contributed by atoms with Crippen LogP contribution in [0.2, 0.25) is 5.02 Å². The van der Waals surface area contributed by atoms with Crippen molar-refractivity contribution in [3.63, 3.8) is 0 Å². The van der Waals surface area contributed by atoms with Crippen LogP contribution in [0.3, 0.4) is 0 Å². The molecule has 2 aliphatic rings. The van der Waals surface area contributed by atoms with Crippen LogP contribution in [0.5, 0.6) is 0 Å². The molecule has 0 radical (unpaired) electrons.